The van der Waals surface area contributed by atoms with Crippen LogP contribution in [-0.2, 0) is 0 Å². The van der Waals surface area contributed by atoms with Gasteiger partial charge in [0.05, 0.1) is 5.69 Å². The van der Waals surface area contributed by atoms with Crippen LogP contribution in [0.4, 0.5) is 5.69 Å². The maximum atomic E-state index is 11.0. The Kier molecular flexibility index (Phi) is 2.09. The van der Waals surface area contributed by atoms with E-state index in [2.05, 4.69) is 0 Å². The molecule has 0 aliphatic rings. The number of thiophene rings is 1. The summed E-state index contributed by atoms with van der Waals surface area (Å²) in [5, 5.41) is 1.38. The quantitative estimate of drug-likeness (QED) is 0.783. The standard InChI is InChI=1S/C9H7ClN2OS/c10-4-1-2-6-5(3-4)7(11)8(14-6)9(12)13/h1-3H,11H2,(H2,12,13). The van der Waals surface area contributed by atoms with Gasteiger partial charge < -0.3 is 11.5 Å². The van der Waals surface area contributed by atoms with Crippen LogP contribution in [0.5, 0.6) is 0 Å². The predicted molar refractivity (Wildman–Crippen MR) is 59.8 cm³/mol. The second-order valence-electron chi connectivity index (χ2n) is 2.85. The average molecular weight is 227 g/mol. The summed E-state index contributed by atoms with van der Waals surface area (Å²) in [6.07, 6.45) is 0. The molecule has 1 aromatic carbocycles. The van der Waals surface area contributed by atoms with Crippen molar-refractivity contribution in [2.45, 2.75) is 0 Å². The Labute approximate surface area is 89.3 Å². The van der Waals surface area contributed by atoms with E-state index in [1.54, 1.807) is 12.1 Å². The van der Waals surface area contributed by atoms with Crippen LogP contribution in [0.2, 0.25) is 5.02 Å². The summed E-state index contributed by atoms with van der Waals surface area (Å²) in [4.78, 5) is 11.4. The molecule has 0 atom stereocenters. The Balaban J connectivity index is 2.80. The minimum Gasteiger partial charge on any atom is -0.397 e. The van der Waals surface area contributed by atoms with E-state index < -0.39 is 5.91 Å². The van der Waals surface area contributed by atoms with Crippen LogP contribution >= 0.6 is 22.9 Å². The van der Waals surface area contributed by atoms with E-state index >= 15 is 0 Å². The van der Waals surface area contributed by atoms with E-state index in [4.69, 9.17) is 23.1 Å². The smallest absolute Gasteiger partial charge is 0.260 e. The fraction of sp³-hybridized carbons (Fsp3) is 0. The molecule has 14 heavy (non-hydrogen) atoms. The van der Waals surface area contributed by atoms with Crippen molar-refractivity contribution in [3.63, 3.8) is 0 Å². The Hall–Kier alpha value is -1.26. The van der Waals surface area contributed by atoms with Crippen LogP contribution in [-0.4, -0.2) is 5.91 Å². The third-order valence-electron chi connectivity index (χ3n) is 1.91. The van der Waals surface area contributed by atoms with Crippen molar-refractivity contribution in [1.29, 1.82) is 0 Å². The van der Waals surface area contributed by atoms with Gasteiger partial charge in [0.2, 0.25) is 0 Å². The van der Waals surface area contributed by atoms with Crippen LogP contribution in [0, 0.1) is 0 Å². The molecule has 3 nitrogen and oxygen atoms in total. The number of nitrogens with two attached hydrogens (primary N) is 2. The third-order valence-corrected chi connectivity index (χ3v) is 3.35. The normalized spacial score (nSPS) is 10.6. The zero-order chi connectivity index (χ0) is 10.3. The van der Waals surface area contributed by atoms with Gasteiger partial charge in [0, 0.05) is 15.1 Å². The molecule has 1 amide bonds. The third kappa shape index (κ3) is 1.32. The second-order valence-corrected chi connectivity index (χ2v) is 4.34. The van der Waals surface area contributed by atoms with Gasteiger partial charge in [-0.05, 0) is 18.2 Å². The number of anilines is 1. The number of hydrogen-bond donors (Lipinski definition) is 2. The van der Waals surface area contributed by atoms with Crippen molar-refractivity contribution in [3.05, 3.63) is 28.1 Å². The molecular formula is C9H7ClN2OS. The van der Waals surface area contributed by atoms with Gasteiger partial charge in [0.1, 0.15) is 4.88 Å². The van der Waals surface area contributed by atoms with Gasteiger partial charge in [0.25, 0.3) is 5.91 Å². The minimum absolute atomic E-state index is 0.391. The first kappa shape index (κ1) is 9.30. The first-order chi connectivity index (χ1) is 6.59. The molecule has 0 spiro atoms. The van der Waals surface area contributed by atoms with E-state index in [-0.39, 0.29) is 0 Å². The zero-order valence-electron chi connectivity index (χ0n) is 7.08. The molecule has 2 rings (SSSR count). The fourth-order valence-electron chi connectivity index (χ4n) is 1.27. The molecular weight excluding hydrogens is 220 g/mol. The predicted octanol–water partition coefficient (Wildman–Crippen LogP) is 2.24. The van der Waals surface area contributed by atoms with Crippen LogP contribution in [0.3, 0.4) is 0 Å². The Bertz CT molecular complexity index is 521. The molecule has 0 bridgehead atoms. The highest BCUT2D eigenvalue weighted by molar-refractivity contribution is 7.21. The minimum atomic E-state index is -0.500. The van der Waals surface area contributed by atoms with Gasteiger partial charge in [-0.3, -0.25) is 4.79 Å². The van der Waals surface area contributed by atoms with Crippen molar-refractivity contribution in [1.82, 2.24) is 0 Å². The van der Waals surface area contributed by atoms with Crippen molar-refractivity contribution >= 4 is 44.6 Å². The number of nitrogen functional groups attached to an aromatic ring is 1. The molecule has 2 aromatic rings. The highest BCUT2D eigenvalue weighted by Crippen LogP contribution is 2.34. The first-order valence-electron chi connectivity index (χ1n) is 3.87. The largest absolute Gasteiger partial charge is 0.397 e. The Morgan fingerprint density at radius 3 is 2.79 bits per heavy atom. The number of benzene rings is 1. The molecule has 0 radical (unpaired) electrons. The van der Waals surface area contributed by atoms with Crippen LogP contribution in [0.1, 0.15) is 9.67 Å². The summed E-state index contributed by atoms with van der Waals surface area (Å²) in [6, 6.07) is 5.31. The number of primary amides is 1. The fourth-order valence-corrected chi connectivity index (χ4v) is 2.40. The lowest BCUT2D eigenvalue weighted by atomic mass is 10.2. The van der Waals surface area contributed by atoms with Crippen molar-refractivity contribution in [3.8, 4) is 0 Å². The number of rotatable bonds is 1. The molecule has 0 aliphatic carbocycles. The summed E-state index contributed by atoms with van der Waals surface area (Å²) in [5.41, 5.74) is 11.4. The van der Waals surface area contributed by atoms with E-state index in [0.717, 1.165) is 10.1 Å². The molecule has 1 aromatic heterocycles. The molecule has 0 fully saturated rings. The number of carbonyl (C=O) groups is 1. The molecule has 0 saturated carbocycles. The van der Waals surface area contributed by atoms with Crippen molar-refractivity contribution in [2.75, 3.05) is 5.73 Å². The van der Waals surface area contributed by atoms with E-state index in [1.165, 1.54) is 11.3 Å². The van der Waals surface area contributed by atoms with E-state index in [1.807, 2.05) is 6.07 Å². The summed E-state index contributed by atoms with van der Waals surface area (Å²) in [6.45, 7) is 0. The second kappa shape index (κ2) is 3.15. The monoisotopic (exact) mass is 226 g/mol. The molecule has 0 aliphatic heterocycles. The van der Waals surface area contributed by atoms with Crippen molar-refractivity contribution in [2.24, 2.45) is 5.73 Å². The average Bonchev–Trinajstić information content (AvgIpc) is 2.44. The molecule has 1 heterocycles. The SMILES string of the molecule is NC(=O)c1sc2ccc(Cl)cc2c1N. The first-order valence-corrected chi connectivity index (χ1v) is 5.06. The zero-order valence-corrected chi connectivity index (χ0v) is 8.65. The van der Waals surface area contributed by atoms with E-state index in [9.17, 15) is 4.79 Å². The molecule has 72 valence electrons. The number of amides is 1. The number of hydrogen-bond acceptors (Lipinski definition) is 3. The van der Waals surface area contributed by atoms with Gasteiger partial charge in [-0.2, -0.15) is 0 Å². The number of carbonyl (C=O) groups excluding carboxylic acids is 1. The Morgan fingerprint density at radius 2 is 2.14 bits per heavy atom. The summed E-state index contributed by atoms with van der Waals surface area (Å²) in [7, 11) is 0. The maximum Gasteiger partial charge on any atom is 0.260 e. The lowest BCUT2D eigenvalue weighted by Gasteiger charge is -1.93. The van der Waals surface area contributed by atoms with Crippen LogP contribution < -0.4 is 11.5 Å². The van der Waals surface area contributed by atoms with Gasteiger partial charge in [-0.1, -0.05) is 11.6 Å². The number of halogens is 1. The van der Waals surface area contributed by atoms with Crippen LogP contribution in [0.25, 0.3) is 10.1 Å². The number of fused-ring (bicyclic) bond motifs is 1. The highest BCUT2D eigenvalue weighted by atomic mass is 35.5. The van der Waals surface area contributed by atoms with Gasteiger partial charge in [-0.25, -0.2) is 0 Å². The summed E-state index contributed by atoms with van der Waals surface area (Å²) < 4.78 is 0.917. The Morgan fingerprint density at radius 1 is 1.43 bits per heavy atom. The maximum absolute atomic E-state index is 11.0. The van der Waals surface area contributed by atoms with Gasteiger partial charge in [0.15, 0.2) is 0 Å². The summed E-state index contributed by atoms with van der Waals surface area (Å²) >= 11 is 7.09. The molecule has 5 heteroatoms. The van der Waals surface area contributed by atoms with Gasteiger partial charge in [-0.15, -0.1) is 11.3 Å². The van der Waals surface area contributed by atoms with Crippen LogP contribution in [0.15, 0.2) is 18.2 Å². The highest BCUT2D eigenvalue weighted by Gasteiger charge is 2.13. The van der Waals surface area contributed by atoms with Crippen molar-refractivity contribution < 1.29 is 4.79 Å². The lowest BCUT2D eigenvalue weighted by Crippen LogP contribution is -2.10. The summed E-state index contributed by atoms with van der Waals surface area (Å²) in [5.74, 6) is -0.500. The molecule has 0 saturated heterocycles. The van der Waals surface area contributed by atoms with E-state index in [0.29, 0.717) is 15.6 Å². The van der Waals surface area contributed by atoms with Gasteiger partial charge >= 0.3 is 0 Å². The lowest BCUT2D eigenvalue weighted by molar-refractivity contribution is 0.100. The molecule has 4 N–H and O–H groups in total. The molecule has 0 unspecified atom stereocenters. The topological polar surface area (TPSA) is 69.1 Å².